The number of sulfonamides is 1. The summed E-state index contributed by atoms with van der Waals surface area (Å²) < 4.78 is 28.4. The standard InChI is InChI=1S/C29H34N4O6S/c1-4-5-18-30-29(35)23(3)31(20-24-13-10-9-12-22(24)2)28(34)21-32(25-14-11-15-26(19-25)33(36)37)40(38,39)27-16-7-6-8-17-27/h6-17,19,23H,4-5,18,20-21H2,1-3H3,(H,30,35). The number of non-ortho nitro benzene ring substituents is 1. The van der Waals surface area contributed by atoms with Gasteiger partial charge in [-0.3, -0.25) is 24.0 Å². The average Bonchev–Trinajstić information content (AvgIpc) is 2.95. The van der Waals surface area contributed by atoms with Crippen molar-refractivity contribution in [2.75, 3.05) is 17.4 Å². The number of nitro groups is 1. The third kappa shape index (κ3) is 7.44. The zero-order chi connectivity index (χ0) is 29.3. The lowest BCUT2D eigenvalue weighted by Crippen LogP contribution is -2.51. The number of aryl methyl sites for hydroxylation is 1. The van der Waals surface area contributed by atoms with Crippen LogP contribution in [0.5, 0.6) is 0 Å². The smallest absolute Gasteiger partial charge is 0.271 e. The molecule has 11 heteroatoms. The number of nitro benzene ring substituents is 1. The van der Waals surface area contributed by atoms with Crippen LogP contribution in [0.15, 0.2) is 83.8 Å². The molecule has 0 saturated carbocycles. The van der Waals surface area contributed by atoms with Gasteiger partial charge in [-0.15, -0.1) is 0 Å². The topological polar surface area (TPSA) is 130 Å². The van der Waals surface area contributed by atoms with Crippen LogP contribution in [0.2, 0.25) is 0 Å². The van der Waals surface area contributed by atoms with Gasteiger partial charge in [-0.25, -0.2) is 8.42 Å². The molecule has 0 aromatic heterocycles. The van der Waals surface area contributed by atoms with E-state index in [-0.39, 0.29) is 28.7 Å². The summed E-state index contributed by atoms with van der Waals surface area (Å²) >= 11 is 0. The van der Waals surface area contributed by atoms with E-state index in [4.69, 9.17) is 0 Å². The van der Waals surface area contributed by atoms with Crippen LogP contribution in [0.4, 0.5) is 11.4 Å². The number of nitrogens with one attached hydrogen (secondary N) is 1. The Bertz CT molecular complexity index is 1450. The van der Waals surface area contributed by atoms with Crippen LogP contribution >= 0.6 is 0 Å². The van der Waals surface area contributed by atoms with E-state index in [0.717, 1.165) is 34.3 Å². The first-order chi connectivity index (χ1) is 19.1. The summed E-state index contributed by atoms with van der Waals surface area (Å²) in [5.74, 6) is -0.990. The second-order valence-corrected chi connectivity index (χ2v) is 11.2. The van der Waals surface area contributed by atoms with Crippen LogP contribution < -0.4 is 9.62 Å². The van der Waals surface area contributed by atoms with Crippen molar-refractivity contribution in [2.24, 2.45) is 0 Å². The van der Waals surface area contributed by atoms with Gasteiger partial charge >= 0.3 is 0 Å². The first kappa shape index (κ1) is 30.3. The molecule has 0 spiro atoms. The van der Waals surface area contributed by atoms with Gasteiger partial charge in [-0.2, -0.15) is 0 Å². The van der Waals surface area contributed by atoms with Crippen LogP contribution in [0.3, 0.4) is 0 Å². The maximum atomic E-state index is 13.9. The third-order valence-electron chi connectivity index (χ3n) is 6.54. The van der Waals surface area contributed by atoms with Gasteiger partial charge in [0.05, 0.1) is 15.5 Å². The molecule has 2 amide bonds. The van der Waals surface area contributed by atoms with Crippen molar-refractivity contribution >= 4 is 33.2 Å². The lowest BCUT2D eigenvalue weighted by molar-refractivity contribution is -0.384. The molecule has 0 aliphatic carbocycles. The molecule has 1 atom stereocenters. The molecule has 1 N–H and O–H groups in total. The van der Waals surface area contributed by atoms with Crippen molar-refractivity contribution in [2.45, 2.75) is 51.1 Å². The molecular weight excluding hydrogens is 532 g/mol. The number of amides is 2. The van der Waals surface area contributed by atoms with Crippen LogP contribution in [-0.4, -0.2) is 49.2 Å². The van der Waals surface area contributed by atoms with Crippen LogP contribution in [0.25, 0.3) is 0 Å². The lowest BCUT2D eigenvalue weighted by atomic mass is 10.1. The normalized spacial score (nSPS) is 11.9. The highest BCUT2D eigenvalue weighted by atomic mass is 32.2. The van der Waals surface area contributed by atoms with Gasteiger partial charge in [0.2, 0.25) is 11.8 Å². The highest BCUT2D eigenvalue weighted by Gasteiger charge is 2.33. The fourth-order valence-electron chi connectivity index (χ4n) is 4.10. The first-order valence-corrected chi connectivity index (χ1v) is 14.4. The van der Waals surface area contributed by atoms with Crippen molar-refractivity contribution in [1.29, 1.82) is 0 Å². The van der Waals surface area contributed by atoms with Gasteiger partial charge in [0.15, 0.2) is 0 Å². The molecule has 0 saturated heterocycles. The van der Waals surface area contributed by atoms with Gasteiger partial charge < -0.3 is 10.2 Å². The van der Waals surface area contributed by atoms with Gasteiger partial charge in [0.25, 0.3) is 15.7 Å². The summed E-state index contributed by atoms with van der Waals surface area (Å²) in [7, 11) is -4.31. The SMILES string of the molecule is CCCCNC(=O)C(C)N(Cc1ccccc1C)C(=O)CN(c1cccc([N+](=O)[O-])c1)S(=O)(=O)c1ccccc1. The van der Waals surface area contributed by atoms with E-state index >= 15 is 0 Å². The number of carbonyl (C=O) groups excluding carboxylic acids is 2. The van der Waals surface area contributed by atoms with Gasteiger partial charge in [-0.1, -0.05) is 61.9 Å². The Morgan fingerprint density at radius 1 is 1.00 bits per heavy atom. The Hall–Kier alpha value is -4.25. The third-order valence-corrected chi connectivity index (χ3v) is 8.33. The number of unbranched alkanes of at least 4 members (excludes halogenated alkanes) is 1. The zero-order valence-electron chi connectivity index (χ0n) is 22.8. The van der Waals surface area contributed by atoms with Gasteiger partial charge in [0.1, 0.15) is 12.6 Å². The quantitative estimate of drug-likeness (QED) is 0.185. The highest BCUT2D eigenvalue weighted by molar-refractivity contribution is 7.92. The molecule has 3 rings (SSSR count). The van der Waals surface area contributed by atoms with Crippen LogP contribution in [-0.2, 0) is 26.2 Å². The second-order valence-electron chi connectivity index (χ2n) is 9.37. The maximum Gasteiger partial charge on any atom is 0.271 e. The molecule has 0 bridgehead atoms. The molecule has 0 heterocycles. The van der Waals surface area contributed by atoms with Crippen LogP contribution in [0.1, 0.15) is 37.8 Å². The average molecular weight is 567 g/mol. The molecule has 3 aromatic carbocycles. The predicted octanol–water partition coefficient (Wildman–Crippen LogP) is 4.43. The summed E-state index contributed by atoms with van der Waals surface area (Å²) in [6.07, 6.45) is 1.66. The minimum absolute atomic E-state index is 0.0395. The molecule has 0 radical (unpaired) electrons. The van der Waals surface area contributed by atoms with E-state index in [1.807, 2.05) is 38.1 Å². The van der Waals surface area contributed by atoms with Crippen molar-refractivity contribution in [1.82, 2.24) is 10.2 Å². The second kappa shape index (κ2) is 13.7. The van der Waals surface area contributed by atoms with E-state index in [2.05, 4.69) is 5.32 Å². The Balaban J connectivity index is 2.04. The Kier molecular flexibility index (Phi) is 10.4. The summed E-state index contributed by atoms with van der Waals surface area (Å²) in [6.45, 7) is 5.34. The monoisotopic (exact) mass is 566 g/mol. The Morgan fingerprint density at radius 3 is 2.33 bits per heavy atom. The number of benzene rings is 3. The van der Waals surface area contributed by atoms with Crippen molar-refractivity contribution in [3.05, 3.63) is 100 Å². The molecule has 0 aliphatic rings. The summed E-state index contributed by atoms with van der Waals surface area (Å²) in [5.41, 5.74) is 1.35. The predicted molar refractivity (Wildman–Crippen MR) is 153 cm³/mol. The fourth-order valence-corrected chi connectivity index (χ4v) is 5.53. The minimum atomic E-state index is -4.31. The number of nitrogens with zero attached hydrogens (tertiary/aromatic N) is 3. The maximum absolute atomic E-state index is 13.9. The number of hydrogen-bond donors (Lipinski definition) is 1. The summed E-state index contributed by atoms with van der Waals surface area (Å²) in [6, 6.07) is 19.2. The largest absolute Gasteiger partial charge is 0.354 e. The van der Waals surface area contributed by atoms with E-state index in [1.54, 1.807) is 25.1 Å². The lowest BCUT2D eigenvalue weighted by Gasteiger charge is -2.32. The number of hydrogen-bond acceptors (Lipinski definition) is 6. The highest BCUT2D eigenvalue weighted by Crippen LogP contribution is 2.27. The molecule has 0 aliphatic heterocycles. The molecule has 212 valence electrons. The minimum Gasteiger partial charge on any atom is -0.354 e. The van der Waals surface area contributed by atoms with E-state index in [0.29, 0.717) is 6.54 Å². The molecule has 40 heavy (non-hydrogen) atoms. The van der Waals surface area contributed by atoms with Gasteiger partial charge in [0, 0.05) is 25.2 Å². The van der Waals surface area contributed by atoms with E-state index in [1.165, 1.54) is 35.2 Å². The first-order valence-electron chi connectivity index (χ1n) is 13.0. The Morgan fingerprint density at radius 2 is 1.68 bits per heavy atom. The number of carbonyl (C=O) groups is 2. The fraction of sp³-hybridized carbons (Fsp3) is 0.310. The zero-order valence-corrected chi connectivity index (χ0v) is 23.6. The molecular formula is C29H34N4O6S. The van der Waals surface area contributed by atoms with Crippen LogP contribution in [0, 0.1) is 17.0 Å². The Labute approximate surface area is 234 Å². The molecule has 0 fully saturated rings. The van der Waals surface area contributed by atoms with Crippen molar-refractivity contribution < 1.29 is 22.9 Å². The van der Waals surface area contributed by atoms with E-state index < -0.39 is 33.4 Å². The molecule has 3 aromatic rings. The van der Waals surface area contributed by atoms with Crippen molar-refractivity contribution in [3.63, 3.8) is 0 Å². The molecule has 1 unspecified atom stereocenters. The summed E-state index contributed by atoms with van der Waals surface area (Å²) in [4.78, 5) is 39.0. The number of rotatable bonds is 13. The number of anilines is 1. The van der Waals surface area contributed by atoms with Gasteiger partial charge in [-0.05, 0) is 49.6 Å². The summed E-state index contributed by atoms with van der Waals surface area (Å²) in [5, 5.41) is 14.3. The molecule has 10 nitrogen and oxygen atoms in total. The van der Waals surface area contributed by atoms with E-state index in [9.17, 15) is 28.1 Å². The van der Waals surface area contributed by atoms with Crippen molar-refractivity contribution in [3.8, 4) is 0 Å².